The van der Waals surface area contributed by atoms with E-state index in [1.165, 1.54) is 6.08 Å². The van der Waals surface area contributed by atoms with Gasteiger partial charge in [0, 0.05) is 0 Å². The van der Waals surface area contributed by atoms with E-state index in [1.54, 1.807) is 0 Å². The van der Waals surface area contributed by atoms with Gasteiger partial charge in [0.1, 0.15) is 6.29 Å². The van der Waals surface area contributed by atoms with E-state index < -0.39 is 0 Å². The second-order valence-electron chi connectivity index (χ2n) is 6.42. The van der Waals surface area contributed by atoms with Crippen molar-refractivity contribution in [3.63, 3.8) is 0 Å². The fraction of sp³-hybridized carbons (Fsp3) is 0.348. The summed E-state index contributed by atoms with van der Waals surface area (Å²) in [6.45, 7) is 4.52. The molecule has 0 amide bonds. The predicted molar refractivity (Wildman–Crippen MR) is 108 cm³/mol. The molecule has 0 spiro atoms. The van der Waals surface area contributed by atoms with Crippen molar-refractivity contribution in [1.82, 2.24) is 4.90 Å². The van der Waals surface area contributed by atoms with Gasteiger partial charge in [-0.05, 0) is 30.8 Å². The number of nitrogens with zero attached hydrogens (tertiary/aromatic N) is 1. The zero-order valence-electron chi connectivity index (χ0n) is 16.2. The molecule has 4 nitrogen and oxygen atoms in total. The lowest BCUT2D eigenvalue weighted by Gasteiger charge is -2.32. The average molecular weight is 367 g/mol. The van der Waals surface area contributed by atoms with E-state index in [0.717, 1.165) is 24.0 Å². The third kappa shape index (κ3) is 7.47. The van der Waals surface area contributed by atoms with Crippen molar-refractivity contribution in [1.29, 1.82) is 0 Å². The summed E-state index contributed by atoms with van der Waals surface area (Å²) in [6.07, 6.45) is 3.87. The minimum atomic E-state index is -0.240. The fourth-order valence-corrected chi connectivity index (χ4v) is 2.80. The van der Waals surface area contributed by atoms with Crippen molar-refractivity contribution < 1.29 is 14.3 Å². The van der Waals surface area contributed by atoms with Crippen LogP contribution in [0.1, 0.15) is 18.1 Å². The molecule has 2 rings (SSSR count). The van der Waals surface area contributed by atoms with E-state index in [0.29, 0.717) is 19.8 Å². The van der Waals surface area contributed by atoms with Crippen LogP contribution in [0.3, 0.4) is 0 Å². The Labute approximate surface area is 162 Å². The summed E-state index contributed by atoms with van der Waals surface area (Å²) >= 11 is 0. The summed E-state index contributed by atoms with van der Waals surface area (Å²) < 4.78 is 12.1. The van der Waals surface area contributed by atoms with Gasteiger partial charge < -0.3 is 9.47 Å². The van der Waals surface area contributed by atoms with Gasteiger partial charge in [-0.15, -0.1) is 0 Å². The maximum Gasteiger partial charge on any atom is 0.142 e. The first-order valence-electron chi connectivity index (χ1n) is 9.34. The Morgan fingerprint density at radius 3 is 2.11 bits per heavy atom. The molecule has 0 aliphatic carbocycles. The van der Waals surface area contributed by atoms with Crippen LogP contribution in [0.25, 0.3) is 0 Å². The highest BCUT2D eigenvalue weighted by atomic mass is 16.5. The van der Waals surface area contributed by atoms with Crippen LogP contribution < -0.4 is 0 Å². The van der Waals surface area contributed by atoms with Crippen molar-refractivity contribution in [3.8, 4) is 0 Å². The first-order chi connectivity index (χ1) is 13.2. The second kappa shape index (κ2) is 12.2. The molecular weight excluding hydrogens is 338 g/mol. The number of hydrogen-bond acceptors (Lipinski definition) is 4. The molecule has 0 saturated heterocycles. The number of carbonyl (C=O) groups excluding carboxylic acids is 1. The van der Waals surface area contributed by atoms with Gasteiger partial charge >= 0.3 is 0 Å². The highest BCUT2D eigenvalue weighted by molar-refractivity contribution is 5.64. The van der Waals surface area contributed by atoms with E-state index in [9.17, 15) is 4.79 Å². The quantitative estimate of drug-likeness (QED) is 0.422. The fourth-order valence-electron chi connectivity index (χ4n) is 2.80. The number of aldehydes is 1. The predicted octanol–water partition coefficient (Wildman–Crippen LogP) is 3.86. The lowest BCUT2D eigenvalue weighted by Crippen LogP contribution is -2.45. The zero-order chi connectivity index (χ0) is 19.3. The minimum Gasteiger partial charge on any atom is -0.375 e. The molecular formula is C23H29NO3. The van der Waals surface area contributed by atoms with Crippen LogP contribution in [-0.4, -0.2) is 43.5 Å². The smallest absolute Gasteiger partial charge is 0.142 e. The first kappa shape index (κ1) is 21.0. The number of likely N-dealkylation sites (N-methyl/N-ethyl adjacent to an activating group) is 1. The van der Waals surface area contributed by atoms with E-state index >= 15 is 0 Å². The maximum atomic E-state index is 10.9. The molecule has 0 bridgehead atoms. The zero-order valence-corrected chi connectivity index (χ0v) is 16.2. The molecule has 2 aromatic carbocycles. The molecule has 0 heterocycles. The molecule has 2 unspecified atom stereocenters. The Kier molecular flexibility index (Phi) is 9.49. The molecule has 144 valence electrons. The number of carbonyl (C=O) groups is 1. The summed E-state index contributed by atoms with van der Waals surface area (Å²) in [4.78, 5) is 13.0. The van der Waals surface area contributed by atoms with E-state index in [-0.39, 0.29) is 12.1 Å². The van der Waals surface area contributed by atoms with Crippen molar-refractivity contribution in [2.24, 2.45) is 0 Å². The van der Waals surface area contributed by atoms with Crippen LogP contribution in [0.2, 0.25) is 0 Å². The second-order valence-corrected chi connectivity index (χ2v) is 6.42. The Morgan fingerprint density at radius 1 is 0.963 bits per heavy atom. The average Bonchev–Trinajstić information content (AvgIpc) is 2.73. The van der Waals surface area contributed by atoms with Crippen LogP contribution in [0, 0.1) is 0 Å². The van der Waals surface area contributed by atoms with Gasteiger partial charge in [-0.2, -0.15) is 0 Å². The Morgan fingerprint density at radius 2 is 1.56 bits per heavy atom. The van der Waals surface area contributed by atoms with Gasteiger partial charge in [0.25, 0.3) is 0 Å². The number of ether oxygens (including phenoxy) is 2. The first-order valence-corrected chi connectivity index (χ1v) is 9.34. The van der Waals surface area contributed by atoms with E-state index in [2.05, 4.69) is 11.8 Å². The lowest BCUT2D eigenvalue weighted by atomic mass is 10.1. The molecule has 0 fully saturated rings. The summed E-state index contributed by atoms with van der Waals surface area (Å²) in [7, 11) is 2.05. The number of benzene rings is 2. The molecule has 0 aliphatic rings. The van der Waals surface area contributed by atoms with Crippen LogP contribution in [0.15, 0.2) is 72.8 Å². The maximum absolute atomic E-state index is 10.9. The SMILES string of the molecule is CCN(C)C(COCc1ccccc1)C(/C=C\C=O)OCc1ccccc1. The van der Waals surface area contributed by atoms with Gasteiger partial charge in [-0.1, -0.05) is 73.7 Å². The Bertz CT molecular complexity index is 673. The normalized spacial score (nSPS) is 13.7. The molecule has 0 radical (unpaired) electrons. The molecule has 0 N–H and O–H groups in total. The lowest BCUT2D eigenvalue weighted by molar-refractivity contribution is -0.104. The van der Waals surface area contributed by atoms with Crippen LogP contribution in [0.5, 0.6) is 0 Å². The number of rotatable bonds is 12. The van der Waals surface area contributed by atoms with Crippen molar-refractivity contribution >= 4 is 6.29 Å². The van der Waals surface area contributed by atoms with Gasteiger partial charge in [-0.25, -0.2) is 0 Å². The van der Waals surface area contributed by atoms with Crippen molar-refractivity contribution in [3.05, 3.63) is 83.9 Å². The van der Waals surface area contributed by atoms with Gasteiger partial charge in [-0.3, -0.25) is 9.69 Å². The third-order valence-electron chi connectivity index (χ3n) is 4.51. The van der Waals surface area contributed by atoms with Crippen molar-refractivity contribution in [2.45, 2.75) is 32.3 Å². The summed E-state index contributed by atoms with van der Waals surface area (Å²) in [5, 5.41) is 0. The van der Waals surface area contributed by atoms with Crippen LogP contribution >= 0.6 is 0 Å². The van der Waals surface area contributed by atoms with Gasteiger partial charge in [0.2, 0.25) is 0 Å². The Balaban J connectivity index is 2.02. The Hall–Kier alpha value is -2.27. The topological polar surface area (TPSA) is 38.8 Å². The molecule has 0 saturated carbocycles. The van der Waals surface area contributed by atoms with Crippen molar-refractivity contribution in [2.75, 3.05) is 20.2 Å². The summed E-state index contributed by atoms with van der Waals surface area (Å²) in [5.41, 5.74) is 2.24. The third-order valence-corrected chi connectivity index (χ3v) is 4.51. The van der Waals surface area contributed by atoms with Crippen LogP contribution in [-0.2, 0) is 27.5 Å². The molecule has 4 heteroatoms. The molecule has 0 aromatic heterocycles. The molecule has 2 atom stereocenters. The minimum absolute atomic E-state index is 0.0126. The van der Waals surface area contributed by atoms with Gasteiger partial charge in [0.15, 0.2) is 0 Å². The molecule has 0 aliphatic heterocycles. The van der Waals surface area contributed by atoms with Crippen LogP contribution in [0.4, 0.5) is 0 Å². The van der Waals surface area contributed by atoms with E-state index in [1.807, 2.05) is 73.8 Å². The number of allylic oxidation sites excluding steroid dienone is 1. The highest BCUT2D eigenvalue weighted by Gasteiger charge is 2.24. The molecule has 2 aromatic rings. The van der Waals surface area contributed by atoms with E-state index in [4.69, 9.17) is 9.47 Å². The highest BCUT2D eigenvalue weighted by Crippen LogP contribution is 2.14. The summed E-state index contributed by atoms with van der Waals surface area (Å²) in [5.74, 6) is 0. The largest absolute Gasteiger partial charge is 0.375 e. The monoisotopic (exact) mass is 367 g/mol. The standard InChI is InChI=1S/C23H29NO3/c1-3-24(2)22(19-26-17-20-11-6-4-7-12-20)23(15-10-16-25)27-18-21-13-8-5-9-14-21/h4-16,22-23H,3,17-19H2,1-2H3/b15-10-. The summed E-state index contributed by atoms with van der Waals surface area (Å²) in [6, 6.07) is 20.2. The van der Waals surface area contributed by atoms with Gasteiger partial charge in [0.05, 0.1) is 32.0 Å². The molecule has 27 heavy (non-hydrogen) atoms. The number of hydrogen-bond donors (Lipinski definition) is 0.